The molecule has 0 spiro atoms. The number of hydrogen-bond acceptors (Lipinski definition) is 1. The molecule has 0 atom stereocenters. The summed E-state index contributed by atoms with van der Waals surface area (Å²) in [4.78, 5) is 0. The molecule has 0 aliphatic rings. The molecular formula is C12H16F4OSi. The van der Waals surface area contributed by atoms with Crippen molar-refractivity contribution >= 4 is 8.07 Å². The SMILES string of the molecule is C[Si](C)(C)CCOc1cccc(C(F)(F)F)c1F. The minimum atomic E-state index is -4.69. The van der Waals surface area contributed by atoms with Crippen molar-refractivity contribution < 1.29 is 22.3 Å². The van der Waals surface area contributed by atoms with Gasteiger partial charge in [-0.1, -0.05) is 25.7 Å². The minimum absolute atomic E-state index is 0.244. The van der Waals surface area contributed by atoms with Crippen molar-refractivity contribution in [2.45, 2.75) is 31.9 Å². The number of rotatable bonds is 4. The molecule has 1 aromatic rings. The fraction of sp³-hybridized carbons (Fsp3) is 0.500. The quantitative estimate of drug-likeness (QED) is 0.580. The van der Waals surface area contributed by atoms with E-state index in [1.807, 2.05) is 0 Å². The molecular weight excluding hydrogens is 264 g/mol. The summed E-state index contributed by atoms with van der Waals surface area (Å²) in [6.45, 7) is 6.57. The van der Waals surface area contributed by atoms with Crippen LogP contribution in [0.25, 0.3) is 0 Å². The summed E-state index contributed by atoms with van der Waals surface area (Å²) in [5.41, 5.74) is -1.28. The first-order valence-electron chi connectivity index (χ1n) is 5.60. The molecule has 6 heteroatoms. The van der Waals surface area contributed by atoms with Gasteiger partial charge in [-0.2, -0.15) is 13.2 Å². The van der Waals surface area contributed by atoms with Crippen molar-refractivity contribution in [3.05, 3.63) is 29.6 Å². The number of hydrogen-bond donors (Lipinski definition) is 0. The molecule has 0 aliphatic heterocycles. The van der Waals surface area contributed by atoms with E-state index in [1.54, 1.807) is 0 Å². The van der Waals surface area contributed by atoms with Crippen molar-refractivity contribution in [3.8, 4) is 5.75 Å². The molecule has 0 aliphatic carbocycles. The third kappa shape index (κ3) is 4.32. The topological polar surface area (TPSA) is 9.23 Å². The standard InChI is InChI=1S/C12H16F4OSi/c1-18(2,3)8-7-17-10-6-4-5-9(11(10)13)12(14,15)16/h4-6H,7-8H2,1-3H3. The third-order valence-electron chi connectivity index (χ3n) is 2.38. The Bertz CT molecular complexity index is 410. The highest BCUT2D eigenvalue weighted by Crippen LogP contribution is 2.34. The number of alkyl halides is 3. The van der Waals surface area contributed by atoms with Crippen molar-refractivity contribution in [1.82, 2.24) is 0 Å². The Kier molecular flexibility index (Phi) is 4.42. The third-order valence-corrected chi connectivity index (χ3v) is 4.08. The minimum Gasteiger partial charge on any atom is -0.491 e. The molecule has 0 amide bonds. The normalized spacial score (nSPS) is 12.6. The molecule has 0 fully saturated rings. The smallest absolute Gasteiger partial charge is 0.419 e. The van der Waals surface area contributed by atoms with Crippen LogP contribution in [0.3, 0.4) is 0 Å². The van der Waals surface area contributed by atoms with E-state index in [2.05, 4.69) is 19.6 Å². The highest BCUT2D eigenvalue weighted by molar-refractivity contribution is 6.76. The molecule has 0 saturated heterocycles. The fourth-order valence-corrected chi connectivity index (χ4v) is 2.02. The van der Waals surface area contributed by atoms with Crippen LogP contribution in [0.1, 0.15) is 5.56 Å². The highest BCUT2D eigenvalue weighted by Gasteiger charge is 2.35. The monoisotopic (exact) mass is 280 g/mol. The Morgan fingerprint density at radius 1 is 1.17 bits per heavy atom. The van der Waals surface area contributed by atoms with E-state index >= 15 is 0 Å². The zero-order chi connectivity index (χ0) is 14.0. The van der Waals surface area contributed by atoms with Crippen LogP contribution in [0.4, 0.5) is 17.6 Å². The number of benzene rings is 1. The van der Waals surface area contributed by atoms with Gasteiger partial charge in [0.05, 0.1) is 12.2 Å². The summed E-state index contributed by atoms with van der Waals surface area (Å²) in [7, 11) is -1.35. The molecule has 0 unspecified atom stereocenters. The lowest BCUT2D eigenvalue weighted by atomic mass is 10.2. The van der Waals surface area contributed by atoms with Crippen molar-refractivity contribution in [1.29, 1.82) is 0 Å². The van der Waals surface area contributed by atoms with Gasteiger partial charge in [0, 0.05) is 8.07 Å². The van der Waals surface area contributed by atoms with Crippen LogP contribution in [0, 0.1) is 5.82 Å². The maximum absolute atomic E-state index is 13.6. The lowest BCUT2D eigenvalue weighted by Crippen LogP contribution is -2.22. The molecule has 0 N–H and O–H groups in total. The van der Waals surface area contributed by atoms with E-state index in [9.17, 15) is 17.6 Å². The van der Waals surface area contributed by atoms with Gasteiger partial charge in [-0.25, -0.2) is 4.39 Å². The number of ether oxygens (including phenoxy) is 1. The highest BCUT2D eigenvalue weighted by atomic mass is 28.3. The van der Waals surface area contributed by atoms with Gasteiger partial charge >= 0.3 is 6.18 Å². The van der Waals surface area contributed by atoms with Crippen molar-refractivity contribution in [3.63, 3.8) is 0 Å². The van der Waals surface area contributed by atoms with E-state index in [-0.39, 0.29) is 12.4 Å². The summed E-state index contributed by atoms with van der Waals surface area (Å²) in [5.74, 6) is -1.66. The Morgan fingerprint density at radius 2 is 1.78 bits per heavy atom. The first-order chi connectivity index (χ1) is 8.11. The maximum atomic E-state index is 13.6. The molecule has 0 saturated carbocycles. The van der Waals surface area contributed by atoms with E-state index in [4.69, 9.17) is 4.74 Å². The largest absolute Gasteiger partial charge is 0.491 e. The van der Waals surface area contributed by atoms with Crippen LogP contribution in [0.2, 0.25) is 25.7 Å². The van der Waals surface area contributed by atoms with E-state index in [0.717, 1.165) is 12.1 Å². The van der Waals surface area contributed by atoms with Crippen LogP contribution >= 0.6 is 0 Å². The molecule has 1 rings (SSSR count). The van der Waals surface area contributed by atoms with Gasteiger partial charge in [0.15, 0.2) is 11.6 Å². The maximum Gasteiger partial charge on any atom is 0.419 e. The van der Waals surface area contributed by atoms with Crippen molar-refractivity contribution in [2.75, 3.05) is 6.61 Å². The average molecular weight is 280 g/mol. The molecule has 0 aromatic heterocycles. The first-order valence-corrected chi connectivity index (χ1v) is 9.30. The lowest BCUT2D eigenvalue weighted by molar-refractivity contribution is -0.140. The molecule has 0 radical (unpaired) electrons. The summed E-state index contributed by atoms with van der Waals surface area (Å²) in [6.07, 6.45) is -4.69. The molecule has 1 nitrogen and oxygen atoms in total. The van der Waals surface area contributed by atoms with Crippen LogP contribution in [-0.4, -0.2) is 14.7 Å². The summed E-state index contributed by atoms with van der Waals surface area (Å²) in [6, 6.07) is 3.84. The molecule has 0 bridgehead atoms. The first kappa shape index (κ1) is 15.0. The lowest BCUT2D eigenvalue weighted by Gasteiger charge is -2.17. The van der Waals surface area contributed by atoms with Gasteiger partial charge in [-0.15, -0.1) is 0 Å². The Morgan fingerprint density at radius 3 is 2.28 bits per heavy atom. The summed E-state index contributed by atoms with van der Waals surface area (Å²) < 4.78 is 56.0. The van der Waals surface area contributed by atoms with Gasteiger partial charge in [0.2, 0.25) is 0 Å². The van der Waals surface area contributed by atoms with Gasteiger partial charge in [-0.3, -0.25) is 0 Å². The molecule has 1 aromatic carbocycles. The average Bonchev–Trinajstić information content (AvgIpc) is 2.17. The second-order valence-electron chi connectivity index (χ2n) is 5.27. The van der Waals surface area contributed by atoms with Gasteiger partial charge in [0.25, 0.3) is 0 Å². The molecule has 102 valence electrons. The van der Waals surface area contributed by atoms with Gasteiger partial charge in [0.1, 0.15) is 0 Å². The van der Waals surface area contributed by atoms with E-state index < -0.39 is 25.6 Å². The predicted octanol–water partition coefficient (Wildman–Crippen LogP) is 4.56. The van der Waals surface area contributed by atoms with E-state index in [0.29, 0.717) is 6.07 Å². The molecule has 0 heterocycles. The molecule has 18 heavy (non-hydrogen) atoms. The Balaban J connectivity index is 2.79. The van der Waals surface area contributed by atoms with E-state index in [1.165, 1.54) is 6.07 Å². The zero-order valence-corrected chi connectivity index (χ0v) is 11.6. The number of halogens is 4. The van der Waals surface area contributed by atoms with Crippen molar-refractivity contribution in [2.24, 2.45) is 0 Å². The summed E-state index contributed by atoms with van der Waals surface area (Å²) in [5, 5.41) is 0. The Hall–Kier alpha value is -1.04. The predicted molar refractivity (Wildman–Crippen MR) is 65.1 cm³/mol. The van der Waals surface area contributed by atoms with Gasteiger partial charge in [-0.05, 0) is 18.2 Å². The van der Waals surface area contributed by atoms with Crippen LogP contribution in [0.15, 0.2) is 18.2 Å². The van der Waals surface area contributed by atoms with Crippen LogP contribution in [-0.2, 0) is 6.18 Å². The second kappa shape index (κ2) is 5.30. The van der Waals surface area contributed by atoms with Crippen LogP contribution < -0.4 is 4.74 Å². The van der Waals surface area contributed by atoms with Crippen LogP contribution in [0.5, 0.6) is 5.75 Å². The summed E-state index contributed by atoms with van der Waals surface area (Å²) >= 11 is 0. The second-order valence-corrected chi connectivity index (χ2v) is 10.9. The van der Waals surface area contributed by atoms with Gasteiger partial charge < -0.3 is 4.74 Å². The zero-order valence-electron chi connectivity index (χ0n) is 10.6. The fourth-order valence-electron chi connectivity index (χ4n) is 1.31. The Labute approximate surface area is 105 Å².